The number of benzene rings is 1. The van der Waals surface area contributed by atoms with Crippen LogP contribution in [0.3, 0.4) is 0 Å². The third-order valence-corrected chi connectivity index (χ3v) is 7.11. The van der Waals surface area contributed by atoms with Crippen molar-refractivity contribution in [3.63, 3.8) is 0 Å². The monoisotopic (exact) mass is 374 g/mol. The van der Waals surface area contributed by atoms with Gasteiger partial charge >= 0.3 is 7.12 Å². The van der Waals surface area contributed by atoms with E-state index < -0.39 is 8.07 Å². The molecule has 1 aliphatic rings. The van der Waals surface area contributed by atoms with Crippen LogP contribution in [0.5, 0.6) is 0 Å². The molecule has 5 nitrogen and oxygen atoms in total. The second kappa shape index (κ2) is 6.78. The third kappa shape index (κ3) is 4.06. The summed E-state index contributed by atoms with van der Waals surface area (Å²) in [6.45, 7) is 16.6. The fourth-order valence-corrected chi connectivity index (χ4v) is 3.62. The van der Waals surface area contributed by atoms with Gasteiger partial charge in [0, 0.05) is 20.1 Å². The minimum atomic E-state index is -1.06. The minimum absolute atomic E-state index is 0.332. The molecule has 1 saturated heterocycles. The minimum Gasteiger partial charge on any atom is -0.399 e. The van der Waals surface area contributed by atoms with Crippen molar-refractivity contribution in [3.8, 4) is 0 Å². The van der Waals surface area contributed by atoms with E-state index in [1.54, 1.807) is 0 Å². The SMILES string of the molecule is CC1(C)OB(c2ccc3c(cnn3COCC[Si](C)(C)C)c2)OC1(C)C. The molecule has 0 bridgehead atoms. The Bertz CT molecular complexity index is 767. The summed E-state index contributed by atoms with van der Waals surface area (Å²) in [5.74, 6) is 0. The molecule has 0 unspecified atom stereocenters. The van der Waals surface area contributed by atoms with Crippen molar-refractivity contribution in [2.24, 2.45) is 0 Å². The number of hydrogen-bond donors (Lipinski definition) is 0. The Kier molecular flexibility index (Phi) is 5.12. The molecule has 0 saturated carbocycles. The molecule has 26 heavy (non-hydrogen) atoms. The van der Waals surface area contributed by atoms with Crippen molar-refractivity contribution in [1.82, 2.24) is 9.78 Å². The number of hydrogen-bond acceptors (Lipinski definition) is 4. The highest BCUT2D eigenvalue weighted by Crippen LogP contribution is 2.36. The molecule has 1 aliphatic heterocycles. The summed E-state index contributed by atoms with van der Waals surface area (Å²) in [7, 11) is -1.41. The first-order chi connectivity index (χ1) is 12.0. The van der Waals surface area contributed by atoms with E-state index in [0.717, 1.165) is 29.0 Å². The molecule has 2 aromatic rings. The van der Waals surface area contributed by atoms with Gasteiger partial charge in [-0.2, -0.15) is 5.10 Å². The highest BCUT2D eigenvalue weighted by molar-refractivity contribution is 6.76. The fraction of sp³-hybridized carbons (Fsp3) is 0.632. The molecule has 2 heterocycles. The number of ether oxygens (including phenoxy) is 1. The van der Waals surface area contributed by atoms with Crippen molar-refractivity contribution < 1.29 is 14.0 Å². The molecule has 7 heteroatoms. The standard InChI is InChI=1S/C19H31BN2O3Si/c1-18(2)19(3,4)25-20(24-18)16-8-9-17-15(12-16)13-21-22(17)14-23-10-11-26(5,6)7/h8-9,12-13H,10-11,14H2,1-7H3. The lowest BCUT2D eigenvalue weighted by Crippen LogP contribution is -2.41. The third-order valence-electron chi connectivity index (χ3n) is 5.40. The van der Waals surface area contributed by atoms with Gasteiger partial charge in [0.15, 0.2) is 0 Å². The quantitative estimate of drug-likeness (QED) is 0.572. The molecule has 142 valence electrons. The zero-order chi connectivity index (χ0) is 19.2. The van der Waals surface area contributed by atoms with Crippen LogP contribution in [0.15, 0.2) is 24.4 Å². The number of aromatic nitrogens is 2. The topological polar surface area (TPSA) is 45.5 Å². The molecule has 0 radical (unpaired) electrons. The lowest BCUT2D eigenvalue weighted by atomic mass is 9.79. The normalized spacial score (nSPS) is 19.4. The average molecular weight is 374 g/mol. The summed E-state index contributed by atoms with van der Waals surface area (Å²) in [4.78, 5) is 0. The second-order valence-corrected chi connectivity index (χ2v) is 15.0. The van der Waals surface area contributed by atoms with Crippen molar-refractivity contribution in [3.05, 3.63) is 24.4 Å². The first-order valence-corrected chi connectivity index (χ1v) is 13.1. The van der Waals surface area contributed by atoms with Crippen LogP contribution in [0, 0.1) is 0 Å². The Labute approximate surface area is 158 Å². The fourth-order valence-electron chi connectivity index (χ4n) is 2.86. The summed E-state index contributed by atoms with van der Waals surface area (Å²) in [6.07, 6.45) is 1.88. The molecular formula is C19H31BN2O3Si. The largest absolute Gasteiger partial charge is 0.494 e. The van der Waals surface area contributed by atoms with Gasteiger partial charge in [0.05, 0.1) is 22.9 Å². The van der Waals surface area contributed by atoms with Crippen LogP contribution >= 0.6 is 0 Å². The molecule has 1 fully saturated rings. The van der Waals surface area contributed by atoms with Gasteiger partial charge in [-0.25, -0.2) is 4.68 Å². The predicted molar refractivity (Wildman–Crippen MR) is 110 cm³/mol. The van der Waals surface area contributed by atoms with Gasteiger partial charge in [-0.15, -0.1) is 0 Å². The van der Waals surface area contributed by atoms with Gasteiger partial charge in [-0.1, -0.05) is 31.8 Å². The molecule has 0 aliphatic carbocycles. The zero-order valence-corrected chi connectivity index (χ0v) is 18.1. The maximum Gasteiger partial charge on any atom is 0.494 e. The molecule has 3 rings (SSSR count). The van der Waals surface area contributed by atoms with E-state index in [1.165, 1.54) is 0 Å². The zero-order valence-electron chi connectivity index (χ0n) is 17.1. The first-order valence-electron chi connectivity index (χ1n) is 9.37. The van der Waals surface area contributed by atoms with Gasteiger partial charge in [0.1, 0.15) is 6.73 Å². The van der Waals surface area contributed by atoms with E-state index >= 15 is 0 Å². The summed E-state index contributed by atoms with van der Waals surface area (Å²) in [6, 6.07) is 7.40. The maximum atomic E-state index is 6.15. The van der Waals surface area contributed by atoms with Crippen LogP contribution in [-0.4, -0.2) is 42.8 Å². The lowest BCUT2D eigenvalue weighted by Gasteiger charge is -2.32. The highest BCUT2D eigenvalue weighted by Gasteiger charge is 2.51. The Balaban J connectivity index is 1.70. The van der Waals surface area contributed by atoms with Crippen LogP contribution in [0.1, 0.15) is 27.7 Å². The van der Waals surface area contributed by atoms with Gasteiger partial charge in [0.25, 0.3) is 0 Å². The molecule has 1 aromatic heterocycles. The Morgan fingerprint density at radius 3 is 2.38 bits per heavy atom. The highest BCUT2D eigenvalue weighted by atomic mass is 28.3. The Morgan fingerprint density at radius 2 is 1.77 bits per heavy atom. The van der Waals surface area contributed by atoms with Crippen molar-refractivity contribution in [2.45, 2.75) is 71.3 Å². The molecule has 0 atom stereocenters. The van der Waals surface area contributed by atoms with E-state index in [0.29, 0.717) is 6.73 Å². The van der Waals surface area contributed by atoms with Gasteiger partial charge in [-0.05, 0) is 45.3 Å². The summed E-state index contributed by atoms with van der Waals surface area (Å²) >= 11 is 0. The smallest absolute Gasteiger partial charge is 0.399 e. The predicted octanol–water partition coefficient (Wildman–Crippen LogP) is 3.65. The lowest BCUT2D eigenvalue weighted by molar-refractivity contribution is 0.00578. The Hall–Kier alpha value is -1.15. The van der Waals surface area contributed by atoms with E-state index in [1.807, 2.05) is 10.9 Å². The van der Waals surface area contributed by atoms with E-state index in [9.17, 15) is 0 Å². The number of nitrogens with zero attached hydrogens (tertiary/aromatic N) is 2. The molecule has 0 spiro atoms. The molecular weight excluding hydrogens is 343 g/mol. The summed E-state index contributed by atoms with van der Waals surface area (Å²) in [5.41, 5.74) is 1.43. The first kappa shape index (κ1) is 19.6. The Morgan fingerprint density at radius 1 is 1.12 bits per heavy atom. The van der Waals surface area contributed by atoms with Crippen LogP contribution in [0.4, 0.5) is 0 Å². The summed E-state index contributed by atoms with van der Waals surface area (Å²) < 4.78 is 20.0. The van der Waals surface area contributed by atoms with Gasteiger partial charge < -0.3 is 14.0 Å². The molecule has 0 N–H and O–H groups in total. The van der Waals surface area contributed by atoms with Crippen LogP contribution < -0.4 is 5.46 Å². The van der Waals surface area contributed by atoms with E-state index in [4.69, 9.17) is 14.0 Å². The molecule has 1 aromatic carbocycles. The maximum absolute atomic E-state index is 6.15. The van der Waals surface area contributed by atoms with Crippen LogP contribution in [-0.2, 0) is 20.8 Å². The van der Waals surface area contributed by atoms with Gasteiger partial charge in [0.2, 0.25) is 0 Å². The van der Waals surface area contributed by atoms with Crippen molar-refractivity contribution in [2.75, 3.05) is 6.61 Å². The summed E-state index contributed by atoms with van der Waals surface area (Å²) in [5, 5.41) is 5.55. The van der Waals surface area contributed by atoms with Crippen LogP contribution in [0.25, 0.3) is 10.9 Å². The number of rotatable bonds is 6. The van der Waals surface area contributed by atoms with Gasteiger partial charge in [-0.3, -0.25) is 0 Å². The van der Waals surface area contributed by atoms with Crippen molar-refractivity contribution >= 4 is 31.6 Å². The van der Waals surface area contributed by atoms with E-state index in [2.05, 4.69) is 70.6 Å². The molecule has 0 amide bonds. The second-order valence-electron chi connectivity index (χ2n) is 9.40. The number of fused-ring (bicyclic) bond motifs is 1. The average Bonchev–Trinajstić information content (AvgIpc) is 3.00. The van der Waals surface area contributed by atoms with Crippen LogP contribution in [0.2, 0.25) is 25.7 Å². The van der Waals surface area contributed by atoms with E-state index in [-0.39, 0.29) is 18.3 Å². The van der Waals surface area contributed by atoms with Crippen molar-refractivity contribution in [1.29, 1.82) is 0 Å².